The lowest BCUT2D eigenvalue weighted by Gasteiger charge is -2.32. The number of carbonyl (C=O) groups is 3. The average molecular weight is 386 g/mol. The number of carbonyl (C=O) groups excluding carboxylic acids is 3. The van der Waals surface area contributed by atoms with E-state index in [0.717, 1.165) is 52.0 Å². The third-order valence-corrected chi connectivity index (χ3v) is 5.50. The number of unbranched alkanes of at least 4 members (excludes halogenated alkanes) is 1. The Morgan fingerprint density at radius 2 is 1.71 bits per heavy atom. The molecule has 7 heteroatoms. The van der Waals surface area contributed by atoms with Gasteiger partial charge >= 0.3 is 0 Å². The molecule has 0 saturated carbocycles. The molecule has 0 aromatic heterocycles. The minimum absolute atomic E-state index is 0.201. The van der Waals surface area contributed by atoms with Crippen molar-refractivity contribution >= 4 is 17.7 Å². The van der Waals surface area contributed by atoms with Gasteiger partial charge in [0.1, 0.15) is 0 Å². The standard InChI is InChI=1S/C21H30N4O3/c1-3-4-10-25-20(27)17-7-6-16(15-18(17)21(25)28)19(26)22-8-5-9-24-13-11-23(2)12-14-24/h6-7,15H,3-5,8-14H2,1-2H3,(H,22,26). The van der Waals surface area contributed by atoms with Gasteiger partial charge in [-0.2, -0.15) is 0 Å². The monoisotopic (exact) mass is 386 g/mol. The van der Waals surface area contributed by atoms with Crippen LogP contribution in [-0.2, 0) is 0 Å². The molecule has 28 heavy (non-hydrogen) atoms. The molecule has 0 bridgehead atoms. The highest BCUT2D eigenvalue weighted by Gasteiger charge is 2.35. The number of amides is 3. The first-order chi connectivity index (χ1) is 13.5. The van der Waals surface area contributed by atoms with Crippen molar-refractivity contribution in [3.63, 3.8) is 0 Å². The number of benzene rings is 1. The second kappa shape index (κ2) is 9.30. The van der Waals surface area contributed by atoms with Crippen molar-refractivity contribution in [3.8, 4) is 0 Å². The molecule has 1 saturated heterocycles. The highest BCUT2D eigenvalue weighted by molar-refractivity contribution is 6.22. The van der Waals surface area contributed by atoms with Gasteiger partial charge in [-0.05, 0) is 44.6 Å². The molecule has 2 aliphatic rings. The highest BCUT2D eigenvalue weighted by Crippen LogP contribution is 2.24. The molecule has 1 N–H and O–H groups in total. The second-order valence-corrected chi connectivity index (χ2v) is 7.63. The summed E-state index contributed by atoms with van der Waals surface area (Å²) < 4.78 is 0. The number of piperazine rings is 1. The van der Waals surface area contributed by atoms with Crippen molar-refractivity contribution < 1.29 is 14.4 Å². The van der Waals surface area contributed by atoms with Crippen molar-refractivity contribution in [2.75, 3.05) is 52.9 Å². The van der Waals surface area contributed by atoms with Crippen LogP contribution in [0, 0.1) is 0 Å². The Morgan fingerprint density at radius 1 is 1.00 bits per heavy atom. The van der Waals surface area contributed by atoms with Crippen molar-refractivity contribution in [3.05, 3.63) is 34.9 Å². The van der Waals surface area contributed by atoms with E-state index >= 15 is 0 Å². The van der Waals surface area contributed by atoms with Crippen molar-refractivity contribution in [1.82, 2.24) is 20.0 Å². The molecule has 1 aromatic carbocycles. The van der Waals surface area contributed by atoms with E-state index in [0.29, 0.717) is 29.8 Å². The van der Waals surface area contributed by atoms with Crippen LogP contribution in [0.2, 0.25) is 0 Å². The van der Waals surface area contributed by atoms with E-state index in [1.165, 1.54) is 4.90 Å². The maximum absolute atomic E-state index is 12.5. The summed E-state index contributed by atoms with van der Waals surface area (Å²) in [6, 6.07) is 4.78. The Hall–Kier alpha value is -2.25. The van der Waals surface area contributed by atoms with Gasteiger partial charge in [0.2, 0.25) is 0 Å². The van der Waals surface area contributed by atoms with Crippen molar-refractivity contribution in [1.29, 1.82) is 0 Å². The number of hydrogen-bond donors (Lipinski definition) is 1. The normalized spacial score (nSPS) is 17.9. The van der Waals surface area contributed by atoms with Crippen LogP contribution in [0.1, 0.15) is 57.3 Å². The third kappa shape index (κ3) is 4.59. The van der Waals surface area contributed by atoms with Crippen LogP contribution < -0.4 is 5.32 Å². The molecule has 3 amide bonds. The summed E-state index contributed by atoms with van der Waals surface area (Å²) in [6.45, 7) is 8.32. The molecule has 1 fully saturated rings. The quantitative estimate of drug-likeness (QED) is 0.541. The van der Waals surface area contributed by atoms with Gasteiger partial charge in [0, 0.05) is 44.8 Å². The zero-order chi connectivity index (χ0) is 20.1. The molecule has 0 aliphatic carbocycles. The third-order valence-electron chi connectivity index (χ3n) is 5.50. The molecule has 0 radical (unpaired) electrons. The first kappa shape index (κ1) is 20.5. The Morgan fingerprint density at radius 3 is 2.43 bits per heavy atom. The van der Waals surface area contributed by atoms with Crippen LogP contribution in [0.4, 0.5) is 0 Å². The fraction of sp³-hybridized carbons (Fsp3) is 0.571. The molecule has 2 heterocycles. The number of hydrogen-bond acceptors (Lipinski definition) is 5. The predicted octanol–water partition coefficient (Wildman–Crippen LogP) is 1.45. The molecule has 0 unspecified atom stereocenters. The number of nitrogens with one attached hydrogen (secondary N) is 1. The summed E-state index contributed by atoms with van der Waals surface area (Å²) in [4.78, 5) is 43.3. The maximum Gasteiger partial charge on any atom is 0.261 e. The van der Waals surface area contributed by atoms with Crippen molar-refractivity contribution in [2.45, 2.75) is 26.2 Å². The van der Waals surface area contributed by atoms with Crippen LogP contribution in [0.25, 0.3) is 0 Å². The van der Waals surface area contributed by atoms with Gasteiger partial charge in [-0.3, -0.25) is 19.3 Å². The zero-order valence-corrected chi connectivity index (χ0v) is 16.9. The van der Waals surface area contributed by atoms with Gasteiger partial charge in [0.05, 0.1) is 11.1 Å². The molecular formula is C21H30N4O3. The molecular weight excluding hydrogens is 356 g/mol. The van der Waals surface area contributed by atoms with E-state index < -0.39 is 0 Å². The Balaban J connectivity index is 1.51. The Kier molecular flexibility index (Phi) is 6.80. The van der Waals surface area contributed by atoms with Gasteiger partial charge in [-0.1, -0.05) is 13.3 Å². The summed E-state index contributed by atoms with van der Waals surface area (Å²) in [5.41, 5.74) is 1.16. The number of nitrogens with zero attached hydrogens (tertiary/aromatic N) is 3. The molecule has 3 rings (SSSR count). The van der Waals surface area contributed by atoms with Gasteiger partial charge in [0.15, 0.2) is 0 Å². The largest absolute Gasteiger partial charge is 0.352 e. The number of imide groups is 1. The predicted molar refractivity (Wildman–Crippen MR) is 108 cm³/mol. The van der Waals surface area contributed by atoms with Crippen LogP contribution >= 0.6 is 0 Å². The van der Waals surface area contributed by atoms with Crippen LogP contribution in [0.5, 0.6) is 0 Å². The number of fused-ring (bicyclic) bond motifs is 1. The number of rotatable bonds is 8. The van der Waals surface area contributed by atoms with E-state index in [1.54, 1.807) is 18.2 Å². The molecule has 2 aliphatic heterocycles. The zero-order valence-electron chi connectivity index (χ0n) is 16.9. The first-order valence-corrected chi connectivity index (χ1v) is 10.2. The Labute approximate surface area is 166 Å². The van der Waals surface area contributed by atoms with Crippen LogP contribution in [0.15, 0.2) is 18.2 Å². The number of likely N-dealkylation sites (N-methyl/N-ethyl adjacent to an activating group) is 1. The van der Waals surface area contributed by atoms with Gasteiger partial charge in [-0.15, -0.1) is 0 Å². The van der Waals surface area contributed by atoms with E-state index in [-0.39, 0.29) is 17.7 Å². The van der Waals surface area contributed by atoms with Gasteiger partial charge < -0.3 is 15.1 Å². The van der Waals surface area contributed by atoms with Gasteiger partial charge in [-0.25, -0.2) is 0 Å². The summed E-state index contributed by atoms with van der Waals surface area (Å²) in [6.07, 6.45) is 2.59. The lowest BCUT2D eigenvalue weighted by molar-refractivity contribution is 0.0652. The Bertz CT molecular complexity index is 741. The summed E-state index contributed by atoms with van der Waals surface area (Å²) in [5.74, 6) is -0.751. The summed E-state index contributed by atoms with van der Waals surface area (Å²) in [7, 11) is 2.13. The molecule has 152 valence electrons. The topological polar surface area (TPSA) is 73.0 Å². The lowest BCUT2D eigenvalue weighted by atomic mass is 10.1. The minimum atomic E-state index is -0.293. The maximum atomic E-state index is 12.5. The van der Waals surface area contributed by atoms with E-state index in [9.17, 15) is 14.4 Å². The van der Waals surface area contributed by atoms with Crippen LogP contribution in [-0.4, -0.2) is 85.3 Å². The molecule has 7 nitrogen and oxygen atoms in total. The molecule has 0 atom stereocenters. The molecule has 0 spiro atoms. The minimum Gasteiger partial charge on any atom is -0.352 e. The van der Waals surface area contributed by atoms with Crippen LogP contribution in [0.3, 0.4) is 0 Å². The van der Waals surface area contributed by atoms with E-state index in [2.05, 4.69) is 22.2 Å². The lowest BCUT2D eigenvalue weighted by Crippen LogP contribution is -2.45. The first-order valence-electron chi connectivity index (χ1n) is 10.2. The van der Waals surface area contributed by atoms with E-state index in [4.69, 9.17) is 0 Å². The summed E-state index contributed by atoms with van der Waals surface area (Å²) in [5, 5.41) is 2.92. The smallest absolute Gasteiger partial charge is 0.261 e. The SMILES string of the molecule is CCCCN1C(=O)c2ccc(C(=O)NCCCN3CCN(C)CC3)cc2C1=O. The van der Waals surface area contributed by atoms with Crippen molar-refractivity contribution in [2.24, 2.45) is 0 Å². The average Bonchev–Trinajstić information content (AvgIpc) is 2.94. The highest BCUT2D eigenvalue weighted by atomic mass is 16.2. The molecule has 1 aromatic rings. The second-order valence-electron chi connectivity index (χ2n) is 7.63. The fourth-order valence-electron chi connectivity index (χ4n) is 3.63. The summed E-state index contributed by atoms with van der Waals surface area (Å²) >= 11 is 0. The van der Waals surface area contributed by atoms with Gasteiger partial charge in [0.25, 0.3) is 17.7 Å². The van der Waals surface area contributed by atoms with E-state index in [1.807, 2.05) is 6.92 Å². The fourth-order valence-corrected chi connectivity index (χ4v) is 3.63.